The molecule has 1 fully saturated rings. The molecule has 1 aliphatic rings. The van der Waals surface area contributed by atoms with Gasteiger partial charge < -0.3 is 15.4 Å². The minimum atomic E-state index is 0.112. The molecular formula is C12H24N2O2. The second-order valence-electron chi connectivity index (χ2n) is 4.85. The van der Waals surface area contributed by atoms with Crippen molar-refractivity contribution in [1.82, 2.24) is 4.90 Å². The molecule has 1 aliphatic heterocycles. The van der Waals surface area contributed by atoms with Crippen LogP contribution >= 0.6 is 0 Å². The number of carbonyl (C=O) groups is 1. The summed E-state index contributed by atoms with van der Waals surface area (Å²) in [5, 5.41) is 0. The second kappa shape index (κ2) is 6.86. The van der Waals surface area contributed by atoms with E-state index in [0.717, 1.165) is 39.0 Å². The van der Waals surface area contributed by atoms with E-state index in [0.29, 0.717) is 12.3 Å². The second-order valence-corrected chi connectivity index (χ2v) is 4.85. The third kappa shape index (κ3) is 4.94. The molecule has 0 saturated carbocycles. The number of hydrogen-bond donors (Lipinski definition) is 1. The highest BCUT2D eigenvalue weighted by Crippen LogP contribution is 2.16. The third-order valence-electron chi connectivity index (χ3n) is 3.11. The van der Waals surface area contributed by atoms with Crippen LogP contribution < -0.4 is 5.73 Å². The van der Waals surface area contributed by atoms with Crippen molar-refractivity contribution < 1.29 is 9.53 Å². The zero-order chi connectivity index (χ0) is 12.0. The molecule has 0 aromatic carbocycles. The van der Waals surface area contributed by atoms with E-state index >= 15 is 0 Å². The molecule has 0 aliphatic carbocycles. The molecule has 1 saturated heterocycles. The Kier molecular flexibility index (Phi) is 5.77. The first kappa shape index (κ1) is 13.5. The summed E-state index contributed by atoms with van der Waals surface area (Å²) in [6.45, 7) is 4.48. The van der Waals surface area contributed by atoms with Crippen LogP contribution in [0.4, 0.5) is 0 Å². The third-order valence-corrected chi connectivity index (χ3v) is 3.11. The van der Waals surface area contributed by atoms with Crippen molar-refractivity contribution in [1.29, 1.82) is 0 Å². The van der Waals surface area contributed by atoms with Crippen molar-refractivity contribution in [2.45, 2.75) is 38.6 Å². The van der Waals surface area contributed by atoms with Crippen LogP contribution in [-0.2, 0) is 9.53 Å². The summed E-state index contributed by atoms with van der Waals surface area (Å²) in [4.78, 5) is 13.6. The normalized spacial score (nSPS) is 19.4. The Bertz CT molecular complexity index is 213. The lowest BCUT2D eigenvalue weighted by atomic mass is 10.00. The van der Waals surface area contributed by atoms with E-state index in [9.17, 15) is 4.79 Å². The van der Waals surface area contributed by atoms with Crippen molar-refractivity contribution in [2.24, 2.45) is 11.7 Å². The van der Waals surface area contributed by atoms with Gasteiger partial charge in [0.1, 0.15) is 0 Å². The van der Waals surface area contributed by atoms with Gasteiger partial charge in [0, 0.05) is 39.3 Å². The molecule has 2 N–H and O–H groups in total. The average Bonchev–Trinajstić information content (AvgIpc) is 2.27. The molecule has 0 radical (unpaired) electrons. The number of ether oxygens (including phenoxy) is 1. The lowest BCUT2D eigenvalue weighted by molar-refractivity contribution is -0.131. The van der Waals surface area contributed by atoms with Gasteiger partial charge >= 0.3 is 0 Å². The van der Waals surface area contributed by atoms with Crippen molar-refractivity contribution in [2.75, 3.05) is 26.8 Å². The highest BCUT2D eigenvalue weighted by Gasteiger charge is 2.18. The minimum Gasteiger partial charge on any atom is -0.381 e. The van der Waals surface area contributed by atoms with Gasteiger partial charge in [-0.1, -0.05) is 0 Å². The summed E-state index contributed by atoms with van der Waals surface area (Å²) in [7, 11) is 1.89. The van der Waals surface area contributed by atoms with Crippen LogP contribution in [0.15, 0.2) is 0 Å². The van der Waals surface area contributed by atoms with Crippen molar-refractivity contribution in [3.8, 4) is 0 Å². The molecule has 0 spiro atoms. The number of rotatable bonds is 5. The highest BCUT2D eigenvalue weighted by molar-refractivity contribution is 5.75. The first-order valence-electron chi connectivity index (χ1n) is 6.17. The molecule has 1 rings (SSSR count). The summed E-state index contributed by atoms with van der Waals surface area (Å²) >= 11 is 0. The number of nitrogens with two attached hydrogens (primary N) is 1. The van der Waals surface area contributed by atoms with Gasteiger partial charge in [0.15, 0.2) is 0 Å². The zero-order valence-corrected chi connectivity index (χ0v) is 10.4. The number of hydrogen-bond acceptors (Lipinski definition) is 3. The van der Waals surface area contributed by atoms with Crippen LogP contribution in [-0.4, -0.2) is 43.7 Å². The maximum Gasteiger partial charge on any atom is 0.222 e. The maximum atomic E-state index is 11.8. The van der Waals surface area contributed by atoms with Gasteiger partial charge in [0.05, 0.1) is 0 Å². The van der Waals surface area contributed by atoms with Gasteiger partial charge in [-0.2, -0.15) is 0 Å². The Balaban J connectivity index is 2.21. The summed E-state index contributed by atoms with van der Waals surface area (Å²) in [5.41, 5.74) is 5.64. The van der Waals surface area contributed by atoms with Crippen LogP contribution in [0.5, 0.6) is 0 Å². The fraction of sp³-hybridized carbons (Fsp3) is 0.917. The standard InChI is InChI=1S/C12H24N2O2/c1-10(13)3-4-12(15)14(2)9-11-5-7-16-8-6-11/h10-11H,3-9,13H2,1-2H3. The van der Waals surface area contributed by atoms with Crippen LogP contribution in [0.3, 0.4) is 0 Å². The van der Waals surface area contributed by atoms with Gasteiger partial charge in [-0.3, -0.25) is 4.79 Å². The number of amides is 1. The van der Waals surface area contributed by atoms with Gasteiger partial charge in [0.2, 0.25) is 5.91 Å². The monoisotopic (exact) mass is 228 g/mol. The first-order chi connectivity index (χ1) is 7.59. The fourth-order valence-corrected chi connectivity index (χ4v) is 1.96. The van der Waals surface area contributed by atoms with Gasteiger partial charge in [0.25, 0.3) is 0 Å². The molecule has 4 nitrogen and oxygen atoms in total. The van der Waals surface area contributed by atoms with Crippen LogP contribution in [0, 0.1) is 5.92 Å². The van der Waals surface area contributed by atoms with E-state index in [2.05, 4.69) is 0 Å². The molecule has 16 heavy (non-hydrogen) atoms. The van der Waals surface area contributed by atoms with Crippen molar-refractivity contribution >= 4 is 5.91 Å². The van der Waals surface area contributed by atoms with E-state index in [-0.39, 0.29) is 11.9 Å². The SMILES string of the molecule is CC(N)CCC(=O)N(C)CC1CCOCC1. The lowest BCUT2D eigenvalue weighted by Gasteiger charge is -2.27. The van der Waals surface area contributed by atoms with E-state index in [1.807, 2.05) is 18.9 Å². The summed E-state index contributed by atoms with van der Waals surface area (Å²) in [5.74, 6) is 0.821. The lowest BCUT2D eigenvalue weighted by Crippen LogP contribution is -2.34. The van der Waals surface area contributed by atoms with E-state index in [1.54, 1.807) is 0 Å². The zero-order valence-electron chi connectivity index (χ0n) is 10.4. The van der Waals surface area contributed by atoms with Gasteiger partial charge in [-0.05, 0) is 32.1 Å². The van der Waals surface area contributed by atoms with Crippen molar-refractivity contribution in [3.05, 3.63) is 0 Å². The predicted molar refractivity (Wildman–Crippen MR) is 64.1 cm³/mol. The Morgan fingerprint density at radius 2 is 2.12 bits per heavy atom. The fourth-order valence-electron chi connectivity index (χ4n) is 1.96. The maximum absolute atomic E-state index is 11.8. The molecule has 0 bridgehead atoms. The molecule has 1 unspecified atom stereocenters. The van der Waals surface area contributed by atoms with Crippen LogP contribution in [0.1, 0.15) is 32.6 Å². The molecule has 1 amide bonds. The molecule has 0 aromatic heterocycles. The minimum absolute atomic E-state index is 0.112. The Labute approximate surface area is 98.1 Å². The molecular weight excluding hydrogens is 204 g/mol. The quantitative estimate of drug-likeness (QED) is 0.763. The number of nitrogens with zero attached hydrogens (tertiary/aromatic N) is 1. The molecule has 1 heterocycles. The summed E-state index contributed by atoms with van der Waals surface area (Å²) in [6, 6.07) is 0.112. The number of carbonyl (C=O) groups excluding carboxylic acids is 1. The van der Waals surface area contributed by atoms with E-state index in [4.69, 9.17) is 10.5 Å². The van der Waals surface area contributed by atoms with E-state index in [1.165, 1.54) is 0 Å². The molecule has 0 aromatic rings. The van der Waals surface area contributed by atoms with Crippen molar-refractivity contribution in [3.63, 3.8) is 0 Å². The van der Waals surface area contributed by atoms with E-state index < -0.39 is 0 Å². The smallest absolute Gasteiger partial charge is 0.222 e. The van der Waals surface area contributed by atoms with Crippen LogP contribution in [0.25, 0.3) is 0 Å². The van der Waals surface area contributed by atoms with Gasteiger partial charge in [-0.15, -0.1) is 0 Å². The Morgan fingerprint density at radius 1 is 1.50 bits per heavy atom. The van der Waals surface area contributed by atoms with Crippen LogP contribution in [0.2, 0.25) is 0 Å². The highest BCUT2D eigenvalue weighted by atomic mass is 16.5. The summed E-state index contributed by atoms with van der Waals surface area (Å²) < 4.78 is 5.30. The Hall–Kier alpha value is -0.610. The molecule has 4 heteroatoms. The predicted octanol–water partition coefficient (Wildman–Crippen LogP) is 0.999. The topological polar surface area (TPSA) is 55.6 Å². The first-order valence-corrected chi connectivity index (χ1v) is 6.17. The summed E-state index contributed by atoms with van der Waals surface area (Å²) in [6.07, 6.45) is 3.49. The Morgan fingerprint density at radius 3 is 2.69 bits per heavy atom. The average molecular weight is 228 g/mol. The molecule has 1 atom stereocenters. The van der Waals surface area contributed by atoms with Gasteiger partial charge in [-0.25, -0.2) is 0 Å². The largest absolute Gasteiger partial charge is 0.381 e. The molecule has 94 valence electrons.